The Bertz CT molecular complexity index is 397. The summed E-state index contributed by atoms with van der Waals surface area (Å²) in [7, 11) is 1.39. The SMILES string of the molecule is CCC1CCC(Nc2ncc(C(=O)OC)s2)CC1. The lowest BCUT2D eigenvalue weighted by Gasteiger charge is -2.28. The Morgan fingerprint density at radius 3 is 2.83 bits per heavy atom. The lowest BCUT2D eigenvalue weighted by atomic mass is 9.85. The fourth-order valence-corrected chi connectivity index (χ4v) is 3.24. The maximum absolute atomic E-state index is 11.3. The third-order valence-corrected chi connectivity index (χ3v) is 4.55. The van der Waals surface area contributed by atoms with Crippen molar-refractivity contribution in [2.75, 3.05) is 12.4 Å². The molecule has 0 spiro atoms. The van der Waals surface area contributed by atoms with Gasteiger partial charge >= 0.3 is 5.97 Å². The summed E-state index contributed by atoms with van der Waals surface area (Å²) in [4.78, 5) is 16.1. The summed E-state index contributed by atoms with van der Waals surface area (Å²) in [6.07, 6.45) is 7.86. The van der Waals surface area contributed by atoms with E-state index in [4.69, 9.17) is 0 Å². The van der Waals surface area contributed by atoms with Crippen LogP contribution in [-0.4, -0.2) is 24.1 Å². The number of carbonyl (C=O) groups excluding carboxylic acids is 1. The molecule has 0 saturated heterocycles. The number of hydrogen-bond donors (Lipinski definition) is 1. The summed E-state index contributed by atoms with van der Waals surface area (Å²) < 4.78 is 4.67. The van der Waals surface area contributed by atoms with E-state index >= 15 is 0 Å². The number of carbonyl (C=O) groups is 1. The first kappa shape index (κ1) is 13.3. The average molecular weight is 268 g/mol. The van der Waals surface area contributed by atoms with Crippen molar-refractivity contribution >= 4 is 22.4 Å². The van der Waals surface area contributed by atoms with Gasteiger partial charge in [0, 0.05) is 6.04 Å². The Hall–Kier alpha value is -1.10. The maximum Gasteiger partial charge on any atom is 0.349 e. The number of aromatic nitrogens is 1. The molecule has 0 radical (unpaired) electrons. The maximum atomic E-state index is 11.3. The molecule has 5 heteroatoms. The van der Waals surface area contributed by atoms with Gasteiger partial charge < -0.3 is 10.1 Å². The molecule has 0 aliphatic heterocycles. The fraction of sp³-hybridized carbons (Fsp3) is 0.692. The average Bonchev–Trinajstić information content (AvgIpc) is 2.87. The van der Waals surface area contributed by atoms with Crippen LogP contribution in [0.2, 0.25) is 0 Å². The van der Waals surface area contributed by atoms with E-state index in [0.29, 0.717) is 10.9 Å². The summed E-state index contributed by atoms with van der Waals surface area (Å²) in [5.74, 6) is 0.584. The van der Waals surface area contributed by atoms with Crippen molar-refractivity contribution in [2.45, 2.75) is 45.1 Å². The molecule has 1 fully saturated rings. The summed E-state index contributed by atoms with van der Waals surface area (Å²) in [6.45, 7) is 2.27. The van der Waals surface area contributed by atoms with Gasteiger partial charge in [-0.2, -0.15) is 0 Å². The molecule has 1 N–H and O–H groups in total. The predicted octanol–water partition coefficient (Wildman–Crippen LogP) is 3.31. The second-order valence-corrected chi connectivity index (χ2v) is 5.82. The zero-order chi connectivity index (χ0) is 13.0. The van der Waals surface area contributed by atoms with E-state index in [0.717, 1.165) is 11.0 Å². The second kappa shape index (κ2) is 6.18. The van der Waals surface area contributed by atoms with Gasteiger partial charge in [-0.15, -0.1) is 0 Å². The van der Waals surface area contributed by atoms with Gasteiger partial charge in [-0.05, 0) is 31.6 Å². The van der Waals surface area contributed by atoms with Crippen molar-refractivity contribution in [3.63, 3.8) is 0 Å². The molecule has 1 aliphatic rings. The molecule has 0 atom stereocenters. The largest absolute Gasteiger partial charge is 0.465 e. The van der Waals surface area contributed by atoms with Crippen LogP contribution in [0.25, 0.3) is 0 Å². The Kier molecular flexibility index (Phi) is 4.58. The molecular weight excluding hydrogens is 248 g/mol. The third kappa shape index (κ3) is 3.22. The minimum Gasteiger partial charge on any atom is -0.465 e. The summed E-state index contributed by atoms with van der Waals surface area (Å²) in [6, 6.07) is 0.504. The molecule has 100 valence electrons. The monoisotopic (exact) mass is 268 g/mol. The van der Waals surface area contributed by atoms with E-state index in [2.05, 4.69) is 22.0 Å². The molecule has 0 unspecified atom stereocenters. The van der Waals surface area contributed by atoms with Crippen molar-refractivity contribution in [3.8, 4) is 0 Å². The summed E-state index contributed by atoms with van der Waals surface area (Å²) >= 11 is 1.37. The molecule has 1 aromatic rings. The van der Waals surface area contributed by atoms with Gasteiger partial charge in [0.15, 0.2) is 5.13 Å². The van der Waals surface area contributed by atoms with E-state index < -0.39 is 0 Å². The minimum atomic E-state index is -0.310. The van der Waals surface area contributed by atoms with Crippen molar-refractivity contribution < 1.29 is 9.53 Å². The van der Waals surface area contributed by atoms with Gasteiger partial charge in [-0.1, -0.05) is 24.7 Å². The van der Waals surface area contributed by atoms with E-state index in [9.17, 15) is 4.79 Å². The van der Waals surface area contributed by atoms with Crippen LogP contribution in [0.5, 0.6) is 0 Å². The van der Waals surface area contributed by atoms with E-state index in [1.165, 1.54) is 50.6 Å². The van der Waals surface area contributed by atoms with E-state index in [1.54, 1.807) is 6.20 Å². The molecule has 1 saturated carbocycles. The number of thiazole rings is 1. The van der Waals surface area contributed by atoms with Gasteiger partial charge in [0.05, 0.1) is 13.3 Å². The minimum absolute atomic E-state index is 0.310. The molecule has 0 bridgehead atoms. The molecule has 18 heavy (non-hydrogen) atoms. The molecule has 2 rings (SSSR count). The number of rotatable bonds is 4. The van der Waals surface area contributed by atoms with Crippen LogP contribution in [-0.2, 0) is 4.74 Å². The lowest BCUT2D eigenvalue weighted by Crippen LogP contribution is -2.25. The zero-order valence-corrected chi connectivity index (χ0v) is 11.8. The van der Waals surface area contributed by atoms with Gasteiger partial charge in [-0.3, -0.25) is 0 Å². The molecular formula is C13H20N2O2S. The first-order chi connectivity index (χ1) is 8.72. The van der Waals surface area contributed by atoms with Crippen LogP contribution in [0.15, 0.2) is 6.20 Å². The molecule has 0 amide bonds. The summed E-state index contributed by atoms with van der Waals surface area (Å²) in [5, 5.41) is 4.25. The topological polar surface area (TPSA) is 51.2 Å². The molecule has 0 aromatic carbocycles. The number of ether oxygens (including phenoxy) is 1. The van der Waals surface area contributed by atoms with Crippen molar-refractivity contribution in [2.24, 2.45) is 5.92 Å². The fourth-order valence-electron chi connectivity index (χ4n) is 2.43. The highest BCUT2D eigenvalue weighted by atomic mass is 32.1. The van der Waals surface area contributed by atoms with Gasteiger partial charge in [0.25, 0.3) is 0 Å². The van der Waals surface area contributed by atoms with Crippen LogP contribution in [0.1, 0.15) is 48.7 Å². The van der Waals surface area contributed by atoms with Crippen LogP contribution in [0.4, 0.5) is 5.13 Å². The van der Waals surface area contributed by atoms with Crippen LogP contribution in [0.3, 0.4) is 0 Å². The summed E-state index contributed by atoms with van der Waals surface area (Å²) in [5.41, 5.74) is 0. The Morgan fingerprint density at radius 2 is 2.22 bits per heavy atom. The Balaban J connectivity index is 1.86. The Morgan fingerprint density at radius 1 is 1.50 bits per heavy atom. The van der Waals surface area contributed by atoms with Crippen molar-refractivity contribution in [3.05, 3.63) is 11.1 Å². The first-order valence-electron chi connectivity index (χ1n) is 6.53. The number of nitrogens with zero attached hydrogens (tertiary/aromatic N) is 1. The van der Waals surface area contributed by atoms with E-state index in [-0.39, 0.29) is 5.97 Å². The highest BCUT2D eigenvalue weighted by molar-refractivity contribution is 7.17. The molecule has 1 aromatic heterocycles. The standard InChI is InChI=1S/C13H20N2O2S/c1-3-9-4-6-10(7-5-9)15-13-14-8-11(18-13)12(16)17-2/h8-10H,3-7H2,1-2H3,(H,14,15). The number of methoxy groups -OCH3 is 1. The first-order valence-corrected chi connectivity index (χ1v) is 7.35. The number of esters is 1. The molecule has 4 nitrogen and oxygen atoms in total. The van der Waals surface area contributed by atoms with Crippen molar-refractivity contribution in [1.29, 1.82) is 0 Å². The quantitative estimate of drug-likeness (QED) is 0.851. The van der Waals surface area contributed by atoms with Crippen LogP contribution in [0, 0.1) is 5.92 Å². The number of hydrogen-bond acceptors (Lipinski definition) is 5. The third-order valence-electron chi connectivity index (χ3n) is 3.64. The van der Waals surface area contributed by atoms with Crippen LogP contribution >= 0.6 is 11.3 Å². The van der Waals surface area contributed by atoms with Gasteiger partial charge in [0.1, 0.15) is 4.88 Å². The number of nitrogens with one attached hydrogen (secondary N) is 1. The van der Waals surface area contributed by atoms with E-state index in [1.807, 2.05) is 0 Å². The highest BCUT2D eigenvalue weighted by Crippen LogP contribution is 2.29. The molecule has 1 aliphatic carbocycles. The second-order valence-electron chi connectivity index (χ2n) is 4.79. The number of anilines is 1. The van der Waals surface area contributed by atoms with Gasteiger partial charge in [0.2, 0.25) is 0 Å². The van der Waals surface area contributed by atoms with Crippen LogP contribution < -0.4 is 5.32 Å². The normalized spacial score (nSPS) is 23.7. The highest BCUT2D eigenvalue weighted by Gasteiger charge is 2.21. The predicted molar refractivity (Wildman–Crippen MR) is 73.1 cm³/mol. The van der Waals surface area contributed by atoms with Crippen molar-refractivity contribution in [1.82, 2.24) is 4.98 Å². The smallest absolute Gasteiger partial charge is 0.349 e. The molecule has 1 heterocycles. The van der Waals surface area contributed by atoms with Gasteiger partial charge in [-0.25, -0.2) is 9.78 Å². The Labute approximate surface area is 112 Å². The lowest BCUT2D eigenvalue weighted by molar-refractivity contribution is 0.0606. The zero-order valence-electron chi connectivity index (χ0n) is 10.9.